The maximum atomic E-state index is 12.0. The molecule has 1 rings (SSSR count). The van der Waals surface area contributed by atoms with Gasteiger partial charge >= 0.3 is 5.97 Å². The lowest BCUT2D eigenvalue weighted by molar-refractivity contribution is -0.147. The third-order valence-corrected chi connectivity index (χ3v) is 2.99. The van der Waals surface area contributed by atoms with Crippen molar-refractivity contribution >= 4 is 30.3 Å². The number of ketones is 1. The van der Waals surface area contributed by atoms with Crippen molar-refractivity contribution < 1.29 is 19.5 Å². The van der Waals surface area contributed by atoms with Crippen LogP contribution in [0.3, 0.4) is 0 Å². The van der Waals surface area contributed by atoms with Gasteiger partial charge in [-0.2, -0.15) is 12.6 Å². The molecular weight excluding hydrogens is 266 g/mol. The van der Waals surface area contributed by atoms with Crippen LogP contribution < -0.4 is 0 Å². The Balaban J connectivity index is 2.88. The Morgan fingerprint density at radius 3 is 2.26 bits per heavy atom. The highest BCUT2D eigenvalue weighted by Crippen LogP contribution is 2.07. The second-order valence-electron chi connectivity index (χ2n) is 3.97. The summed E-state index contributed by atoms with van der Waals surface area (Å²) in [5.41, 5.74) is 0.442. The van der Waals surface area contributed by atoms with Crippen molar-refractivity contribution in [1.29, 1.82) is 0 Å². The molecule has 0 heterocycles. The molecule has 0 aliphatic heterocycles. The van der Waals surface area contributed by atoms with Crippen molar-refractivity contribution in [2.24, 2.45) is 0 Å². The third kappa shape index (κ3) is 4.10. The standard InChI is InChI=1S/C13H15NO4S/c1-9(15)14(11(8-19)13(17)18)7-12(16)10-5-3-2-4-6-10/h2-6,11,19H,7-8H2,1H3,(H,17,18)/t11-/m1/s1. The molecule has 0 aliphatic rings. The topological polar surface area (TPSA) is 74.7 Å². The minimum atomic E-state index is -1.17. The van der Waals surface area contributed by atoms with Gasteiger partial charge in [0.25, 0.3) is 0 Å². The highest BCUT2D eigenvalue weighted by Gasteiger charge is 2.28. The first-order chi connectivity index (χ1) is 8.97. The summed E-state index contributed by atoms with van der Waals surface area (Å²) in [5, 5.41) is 9.02. The zero-order valence-electron chi connectivity index (χ0n) is 10.4. The van der Waals surface area contributed by atoms with Crippen molar-refractivity contribution in [1.82, 2.24) is 4.90 Å². The predicted octanol–water partition coefficient (Wildman–Crippen LogP) is 1.10. The monoisotopic (exact) mass is 281 g/mol. The number of hydrogen-bond donors (Lipinski definition) is 2. The number of carbonyl (C=O) groups is 3. The molecule has 0 aromatic heterocycles. The van der Waals surface area contributed by atoms with Gasteiger partial charge < -0.3 is 10.0 Å². The zero-order valence-corrected chi connectivity index (χ0v) is 11.3. The number of carboxylic acids is 1. The molecule has 0 bridgehead atoms. The summed E-state index contributed by atoms with van der Waals surface area (Å²) in [6.07, 6.45) is 0. The fraction of sp³-hybridized carbons (Fsp3) is 0.308. The Labute approximate surface area is 116 Å². The maximum Gasteiger partial charge on any atom is 0.327 e. The van der Waals surface area contributed by atoms with Crippen LogP contribution >= 0.6 is 12.6 Å². The summed E-state index contributed by atoms with van der Waals surface area (Å²) in [7, 11) is 0. The van der Waals surface area contributed by atoms with Gasteiger partial charge in [-0.1, -0.05) is 30.3 Å². The minimum Gasteiger partial charge on any atom is -0.480 e. The summed E-state index contributed by atoms with van der Waals surface area (Å²) in [5.74, 6) is -1.99. The average Bonchev–Trinajstić information content (AvgIpc) is 2.38. The second kappa shape index (κ2) is 6.94. The number of aliphatic carboxylic acids is 1. The van der Waals surface area contributed by atoms with E-state index in [0.29, 0.717) is 5.56 Å². The summed E-state index contributed by atoms with van der Waals surface area (Å²) >= 11 is 3.91. The molecule has 1 atom stereocenters. The Hall–Kier alpha value is -1.82. The Morgan fingerprint density at radius 2 is 1.84 bits per heavy atom. The number of thiol groups is 1. The van der Waals surface area contributed by atoms with E-state index in [2.05, 4.69) is 12.6 Å². The fourth-order valence-electron chi connectivity index (χ4n) is 1.62. The lowest BCUT2D eigenvalue weighted by Crippen LogP contribution is -2.47. The van der Waals surface area contributed by atoms with Crippen molar-refractivity contribution in [3.8, 4) is 0 Å². The van der Waals surface area contributed by atoms with Gasteiger partial charge in [0.15, 0.2) is 5.78 Å². The molecule has 6 heteroatoms. The van der Waals surface area contributed by atoms with E-state index < -0.39 is 17.9 Å². The predicted molar refractivity (Wildman–Crippen MR) is 73.4 cm³/mol. The van der Waals surface area contributed by atoms with Crippen LogP contribution in [0.5, 0.6) is 0 Å². The van der Waals surface area contributed by atoms with Gasteiger partial charge in [0.2, 0.25) is 5.91 Å². The van der Waals surface area contributed by atoms with Gasteiger partial charge in [0.1, 0.15) is 6.04 Å². The quantitative estimate of drug-likeness (QED) is 0.605. The zero-order chi connectivity index (χ0) is 14.4. The van der Waals surface area contributed by atoms with E-state index in [4.69, 9.17) is 5.11 Å². The van der Waals surface area contributed by atoms with E-state index in [-0.39, 0.29) is 18.1 Å². The van der Waals surface area contributed by atoms with Gasteiger partial charge in [-0.25, -0.2) is 4.79 Å². The molecule has 0 saturated carbocycles. The molecule has 19 heavy (non-hydrogen) atoms. The number of benzene rings is 1. The largest absolute Gasteiger partial charge is 0.480 e. The molecule has 0 saturated heterocycles. The number of rotatable bonds is 6. The SMILES string of the molecule is CC(=O)N(CC(=O)c1ccccc1)[C@H](CS)C(=O)O. The fourth-order valence-corrected chi connectivity index (χ4v) is 1.97. The molecule has 1 aromatic carbocycles. The lowest BCUT2D eigenvalue weighted by Gasteiger charge is -2.26. The summed E-state index contributed by atoms with van der Waals surface area (Å²) in [6.45, 7) is 0.967. The maximum absolute atomic E-state index is 12.0. The second-order valence-corrected chi connectivity index (χ2v) is 4.34. The number of Topliss-reactive ketones (excluding diaryl/α,β-unsaturated/α-hetero) is 1. The van der Waals surface area contributed by atoms with Crippen LogP contribution in [0.2, 0.25) is 0 Å². The first kappa shape index (κ1) is 15.2. The first-order valence-corrected chi connectivity index (χ1v) is 6.29. The number of nitrogens with zero attached hydrogens (tertiary/aromatic N) is 1. The molecule has 0 aliphatic carbocycles. The van der Waals surface area contributed by atoms with Gasteiger partial charge in [0, 0.05) is 18.2 Å². The van der Waals surface area contributed by atoms with Gasteiger partial charge in [-0.05, 0) is 0 Å². The molecule has 1 N–H and O–H groups in total. The molecule has 0 radical (unpaired) electrons. The highest BCUT2D eigenvalue weighted by molar-refractivity contribution is 7.80. The van der Waals surface area contributed by atoms with Crippen molar-refractivity contribution in [2.75, 3.05) is 12.3 Å². The van der Waals surface area contributed by atoms with Crippen LogP contribution in [0.15, 0.2) is 30.3 Å². The van der Waals surface area contributed by atoms with E-state index >= 15 is 0 Å². The molecule has 0 unspecified atom stereocenters. The van der Waals surface area contributed by atoms with Gasteiger partial charge in [-0.15, -0.1) is 0 Å². The van der Waals surface area contributed by atoms with Crippen LogP contribution in [0.25, 0.3) is 0 Å². The third-order valence-electron chi connectivity index (χ3n) is 2.65. The molecule has 1 amide bonds. The van der Waals surface area contributed by atoms with E-state index in [9.17, 15) is 14.4 Å². The Morgan fingerprint density at radius 1 is 1.26 bits per heavy atom. The number of carbonyl (C=O) groups excluding carboxylic acids is 2. The Kier molecular flexibility index (Phi) is 5.57. The smallest absolute Gasteiger partial charge is 0.327 e. The van der Waals surface area contributed by atoms with Gasteiger partial charge in [0.05, 0.1) is 6.54 Å². The number of carboxylic acid groups (broad SMARTS) is 1. The van der Waals surface area contributed by atoms with Crippen molar-refractivity contribution in [3.05, 3.63) is 35.9 Å². The lowest BCUT2D eigenvalue weighted by atomic mass is 10.1. The van der Waals surface area contributed by atoms with E-state index in [1.165, 1.54) is 6.92 Å². The molecule has 5 nitrogen and oxygen atoms in total. The molecule has 102 valence electrons. The van der Waals surface area contributed by atoms with E-state index in [0.717, 1.165) is 4.90 Å². The normalized spacial score (nSPS) is 11.7. The number of hydrogen-bond acceptors (Lipinski definition) is 4. The number of amides is 1. The van der Waals surface area contributed by atoms with Crippen LogP contribution in [-0.2, 0) is 9.59 Å². The van der Waals surface area contributed by atoms with Crippen molar-refractivity contribution in [2.45, 2.75) is 13.0 Å². The molecule has 0 fully saturated rings. The van der Waals surface area contributed by atoms with Crippen molar-refractivity contribution in [3.63, 3.8) is 0 Å². The molecular formula is C13H15NO4S. The first-order valence-electron chi connectivity index (χ1n) is 5.66. The summed E-state index contributed by atoms with van der Waals surface area (Å²) in [6, 6.07) is 7.33. The van der Waals surface area contributed by atoms with E-state index in [1.807, 2.05) is 0 Å². The molecule has 1 aromatic rings. The van der Waals surface area contributed by atoms with Crippen LogP contribution in [0.1, 0.15) is 17.3 Å². The summed E-state index contributed by atoms with van der Waals surface area (Å²) in [4.78, 5) is 35.5. The van der Waals surface area contributed by atoms with Crippen LogP contribution in [0, 0.1) is 0 Å². The van der Waals surface area contributed by atoms with Crippen LogP contribution in [-0.4, -0.2) is 46.0 Å². The van der Waals surface area contributed by atoms with E-state index in [1.54, 1.807) is 30.3 Å². The minimum absolute atomic E-state index is 0.0447. The summed E-state index contributed by atoms with van der Waals surface area (Å²) < 4.78 is 0. The Bertz CT molecular complexity index is 475. The molecule has 0 spiro atoms. The highest BCUT2D eigenvalue weighted by atomic mass is 32.1. The van der Waals surface area contributed by atoms with Crippen LogP contribution in [0.4, 0.5) is 0 Å². The van der Waals surface area contributed by atoms with Gasteiger partial charge in [-0.3, -0.25) is 9.59 Å². The average molecular weight is 281 g/mol.